The minimum absolute atomic E-state index is 0.0330. The Morgan fingerprint density at radius 3 is 2.44 bits per heavy atom. The zero-order chi connectivity index (χ0) is 24.2. The normalized spacial score (nSPS) is 14.9. The van der Waals surface area contributed by atoms with Crippen molar-refractivity contribution >= 4 is 22.9 Å². The number of nitrogens with one attached hydrogen (secondary N) is 1. The van der Waals surface area contributed by atoms with Gasteiger partial charge in [0.1, 0.15) is 11.6 Å². The van der Waals surface area contributed by atoms with Crippen LogP contribution in [0.3, 0.4) is 0 Å². The van der Waals surface area contributed by atoms with E-state index in [0.29, 0.717) is 32.8 Å². The molecule has 2 amide bonds. The summed E-state index contributed by atoms with van der Waals surface area (Å²) in [6.45, 7) is 5.63. The lowest BCUT2D eigenvalue weighted by molar-refractivity contribution is -0.133. The number of aromatic amines is 1. The van der Waals surface area contributed by atoms with Crippen LogP contribution >= 0.6 is 0 Å². The van der Waals surface area contributed by atoms with Crippen LogP contribution in [0.2, 0.25) is 0 Å². The minimum Gasteiger partial charge on any atom is -0.450 e. The van der Waals surface area contributed by atoms with E-state index in [1.54, 1.807) is 16.7 Å². The number of para-hydroxylation sites is 1. The second kappa shape index (κ2) is 10.2. The van der Waals surface area contributed by atoms with Gasteiger partial charge in [0.15, 0.2) is 0 Å². The summed E-state index contributed by atoms with van der Waals surface area (Å²) < 4.78 is 33.6. The van der Waals surface area contributed by atoms with E-state index in [9.17, 15) is 18.4 Å². The number of fused-ring (bicyclic) bond motifs is 1. The van der Waals surface area contributed by atoms with Gasteiger partial charge in [-0.25, -0.2) is 13.6 Å². The molecule has 2 heterocycles. The van der Waals surface area contributed by atoms with Crippen molar-refractivity contribution < 1.29 is 23.1 Å². The van der Waals surface area contributed by atoms with Gasteiger partial charge in [-0.05, 0) is 36.1 Å². The highest BCUT2D eigenvalue weighted by Gasteiger charge is 2.29. The lowest BCUT2D eigenvalue weighted by atomic mass is 9.87. The van der Waals surface area contributed by atoms with Crippen LogP contribution in [0.5, 0.6) is 0 Å². The summed E-state index contributed by atoms with van der Waals surface area (Å²) in [5, 5.41) is 0.924. The Labute approximate surface area is 197 Å². The molecule has 2 aromatic carbocycles. The van der Waals surface area contributed by atoms with Crippen molar-refractivity contribution in [3.63, 3.8) is 0 Å². The van der Waals surface area contributed by atoms with Crippen LogP contribution in [0.4, 0.5) is 13.6 Å². The third kappa shape index (κ3) is 4.76. The number of aromatic nitrogens is 1. The van der Waals surface area contributed by atoms with E-state index in [4.69, 9.17) is 4.74 Å². The van der Waals surface area contributed by atoms with Gasteiger partial charge in [0.25, 0.3) is 0 Å². The van der Waals surface area contributed by atoms with E-state index in [0.717, 1.165) is 34.5 Å². The molecule has 0 bridgehead atoms. The summed E-state index contributed by atoms with van der Waals surface area (Å²) in [4.78, 5) is 31.8. The molecule has 3 aromatic rings. The van der Waals surface area contributed by atoms with Crippen molar-refractivity contribution in [1.82, 2.24) is 14.8 Å². The topological polar surface area (TPSA) is 65.6 Å². The number of halogens is 2. The number of hydrogen-bond acceptors (Lipinski definition) is 3. The Morgan fingerprint density at radius 1 is 1.03 bits per heavy atom. The number of piperazine rings is 1. The molecule has 1 aliphatic rings. The number of H-pyrrole nitrogens is 1. The van der Waals surface area contributed by atoms with Crippen LogP contribution in [0.15, 0.2) is 42.6 Å². The first-order valence-electron chi connectivity index (χ1n) is 11.7. The first-order chi connectivity index (χ1) is 16.4. The van der Waals surface area contributed by atoms with Crippen molar-refractivity contribution in [2.45, 2.75) is 32.6 Å². The maximum Gasteiger partial charge on any atom is 0.409 e. The highest BCUT2D eigenvalue weighted by Crippen LogP contribution is 2.36. The van der Waals surface area contributed by atoms with Gasteiger partial charge >= 0.3 is 6.09 Å². The van der Waals surface area contributed by atoms with E-state index >= 15 is 0 Å². The average molecular weight is 470 g/mol. The molecule has 0 unspecified atom stereocenters. The fourth-order valence-electron chi connectivity index (χ4n) is 4.65. The maximum atomic E-state index is 14.9. The smallest absolute Gasteiger partial charge is 0.409 e. The Balaban J connectivity index is 1.62. The number of aryl methyl sites for hydroxylation is 1. The van der Waals surface area contributed by atoms with E-state index in [1.165, 1.54) is 12.1 Å². The maximum absolute atomic E-state index is 14.9. The van der Waals surface area contributed by atoms with Crippen LogP contribution < -0.4 is 0 Å². The van der Waals surface area contributed by atoms with E-state index in [1.807, 2.05) is 24.4 Å². The number of hydrogen-bond donors (Lipinski definition) is 1. The third-order valence-corrected chi connectivity index (χ3v) is 6.47. The Bertz CT molecular complexity index is 1190. The van der Waals surface area contributed by atoms with Gasteiger partial charge in [-0.15, -0.1) is 0 Å². The lowest BCUT2D eigenvalue weighted by Crippen LogP contribution is -2.51. The number of rotatable bonds is 6. The zero-order valence-corrected chi connectivity index (χ0v) is 19.4. The van der Waals surface area contributed by atoms with Crippen LogP contribution in [-0.2, 0) is 16.0 Å². The predicted octanol–water partition coefficient (Wildman–Crippen LogP) is 4.83. The molecule has 34 heavy (non-hydrogen) atoms. The van der Waals surface area contributed by atoms with Crippen molar-refractivity contribution in [2.24, 2.45) is 0 Å². The first-order valence-corrected chi connectivity index (χ1v) is 11.7. The molecule has 1 fully saturated rings. The summed E-state index contributed by atoms with van der Waals surface area (Å²) in [6, 6.07) is 9.44. The molecular formula is C26H29F2N3O3. The summed E-state index contributed by atoms with van der Waals surface area (Å²) in [5.41, 5.74) is 3.17. The van der Waals surface area contributed by atoms with Gasteiger partial charge in [-0.2, -0.15) is 0 Å². The molecule has 0 spiro atoms. The second-order valence-electron chi connectivity index (χ2n) is 8.43. The first kappa shape index (κ1) is 23.7. The molecular weight excluding hydrogens is 440 g/mol. The molecule has 180 valence electrons. The van der Waals surface area contributed by atoms with Crippen molar-refractivity contribution in [2.75, 3.05) is 32.8 Å². The second-order valence-corrected chi connectivity index (χ2v) is 8.43. The molecule has 1 N–H and O–H groups in total. The Morgan fingerprint density at radius 2 is 1.76 bits per heavy atom. The van der Waals surface area contributed by atoms with Crippen LogP contribution in [-0.4, -0.2) is 59.6 Å². The Hall–Kier alpha value is -3.42. The number of amides is 2. The van der Waals surface area contributed by atoms with E-state index < -0.39 is 17.6 Å². The molecule has 8 heteroatoms. The lowest BCUT2D eigenvalue weighted by Gasteiger charge is -2.34. The average Bonchev–Trinajstić information content (AvgIpc) is 3.27. The number of carbonyl (C=O) groups excluding carboxylic acids is 2. The van der Waals surface area contributed by atoms with Crippen molar-refractivity contribution in [3.05, 3.63) is 70.9 Å². The standard InChI is InChI=1S/C26H29F2N3O3/c1-3-17-6-5-7-20-22(16-29-25(17)20)21(19-9-8-18(27)14-23(19)28)15-24(32)30-10-12-31(13-11-30)26(33)34-4-2/h5-9,14,16,21,29H,3-4,10-13,15H2,1-2H3/t21-/m1/s1. The Kier molecular flexibility index (Phi) is 7.14. The van der Waals surface area contributed by atoms with Crippen LogP contribution in [0.1, 0.15) is 42.9 Å². The largest absolute Gasteiger partial charge is 0.450 e. The van der Waals surface area contributed by atoms with Gasteiger partial charge < -0.3 is 19.5 Å². The number of ether oxygens (including phenoxy) is 1. The van der Waals surface area contributed by atoms with Crippen LogP contribution in [0.25, 0.3) is 10.9 Å². The molecule has 0 saturated carbocycles. The monoisotopic (exact) mass is 469 g/mol. The quantitative estimate of drug-likeness (QED) is 0.562. The van der Waals surface area contributed by atoms with Gasteiger partial charge in [0.2, 0.25) is 5.91 Å². The number of carbonyl (C=O) groups is 2. The van der Waals surface area contributed by atoms with Gasteiger partial charge in [-0.1, -0.05) is 31.2 Å². The fourth-order valence-corrected chi connectivity index (χ4v) is 4.65. The highest BCUT2D eigenvalue weighted by molar-refractivity contribution is 5.88. The number of benzene rings is 2. The third-order valence-electron chi connectivity index (χ3n) is 6.47. The molecule has 1 saturated heterocycles. The molecule has 1 atom stereocenters. The summed E-state index contributed by atoms with van der Waals surface area (Å²) in [5.74, 6) is -2.06. The van der Waals surface area contributed by atoms with Gasteiger partial charge in [0.05, 0.1) is 6.61 Å². The molecule has 0 aliphatic carbocycles. The SMILES string of the molecule is CCOC(=O)N1CCN(C(=O)C[C@H](c2ccc(F)cc2F)c2c[nH]c3c(CC)cccc23)CC1. The summed E-state index contributed by atoms with van der Waals surface area (Å²) in [7, 11) is 0. The van der Waals surface area contributed by atoms with E-state index in [2.05, 4.69) is 11.9 Å². The van der Waals surface area contributed by atoms with Crippen molar-refractivity contribution in [3.8, 4) is 0 Å². The highest BCUT2D eigenvalue weighted by atomic mass is 19.1. The minimum atomic E-state index is -0.675. The molecule has 4 rings (SSSR count). The zero-order valence-electron chi connectivity index (χ0n) is 19.4. The molecule has 6 nitrogen and oxygen atoms in total. The fraction of sp³-hybridized carbons (Fsp3) is 0.385. The van der Waals surface area contributed by atoms with Crippen LogP contribution in [0, 0.1) is 11.6 Å². The van der Waals surface area contributed by atoms with Gasteiger partial charge in [0, 0.05) is 61.7 Å². The summed E-state index contributed by atoms with van der Waals surface area (Å²) >= 11 is 0. The number of nitrogens with zero attached hydrogens (tertiary/aromatic N) is 2. The van der Waals surface area contributed by atoms with E-state index in [-0.39, 0.29) is 24.0 Å². The van der Waals surface area contributed by atoms with Crippen molar-refractivity contribution in [1.29, 1.82) is 0 Å². The molecule has 0 radical (unpaired) electrons. The molecule has 1 aliphatic heterocycles. The summed E-state index contributed by atoms with van der Waals surface area (Å²) in [6.07, 6.45) is 2.30. The molecule has 1 aromatic heterocycles. The predicted molar refractivity (Wildman–Crippen MR) is 126 cm³/mol. The van der Waals surface area contributed by atoms with Gasteiger partial charge in [-0.3, -0.25) is 4.79 Å².